The van der Waals surface area contributed by atoms with Gasteiger partial charge in [-0.2, -0.15) is 0 Å². The van der Waals surface area contributed by atoms with Crippen LogP contribution < -0.4 is 5.32 Å². The standard InChI is InChI=1S/C25H22N4OS/c1-16-6-11-20-22(15-16)31-25(28-20)18-7-9-19(10-8-18)27-24(30)13-12-21-17(2)26-23-5-3-4-14-29(21)23/h3-11,14-15H,12-13H2,1-2H3,(H,27,30). The molecule has 0 fully saturated rings. The molecule has 0 atom stereocenters. The number of amides is 1. The smallest absolute Gasteiger partial charge is 0.224 e. The van der Waals surface area contributed by atoms with E-state index < -0.39 is 0 Å². The van der Waals surface area contributed by atoms with Crippen LogP contribution in [0.1, 0.15) is 23.4 Å². The fourth-order valence-electron chi connectivity index (χ4n) is 3.77. The summed E-state index contributed by atoms with van der Waals surface area (Å²) in [5.41, 5.74) is 7.06. The molecule has 154 valence electrons. The number of fused-ring (bicyclic) bond motifs is 2. The third kappa shape index (κ3) is 3.94. The predicted molar refractivity (Wildman–Crippen MR) is 127 cm³/mol. The van der Waals surface area contributed by atoms with E-state index in [0.29, 0.717) is 12.8 Å². The first-order valence-electron chi connectivity index (χ1n) is 10.3. The van der Waals surface area contributed by atoms with E-state index in [1.165, 1.54) is 10.3 Å². The minimum Gasteiger partial charge on any atom is -0.326 e. The van der Waals surface area contributed by atoms with E-state index >= 15 is 0 Å². The van der Waals surface area contributed by atoms with Crippen molar-refractivity contribution in [2.75, 3.05) is 5.32 Å². The number of nitrogens with one attached hydrogen (secondary N) is 1. The first-order valence-corrected chi connectivity index (χ1v) is 11.1. The number of carbonyl (C=O) groups is 1. The van der Waals surface area contributed by atoms with Gasteiger partial charge in [-0.05, 0) is 74.4 Å². The Morgan fingerprint density at radius 2 is 1.87 bits per heavy atom. The molecule has 2 aromatic carbocycles. The summed E-state index contributed by atoms with van der Waals surface area (Å²) in [7, 11) is 0. The Balaban J connectivity index is 1.25. The number of anilines is 1. The highest BCUT2D eigenvalue weighted by Crippen LogP contribution is 2.31. The maximum atomic E-state index is 12.5. The second-order valence-electron chi connectivity index (χ2n) is 7.69. The van der Waals surface area contributed by atoms with Gasteiger partial charge in [-0.15, -0.1) is 11.3 Å². The van der Waals surface area contributed by atoms with Crippen LogP contribution in [0.3, 0.4) is 0 Å². The molecule has 5 nitrogen and oxygen atoms in total. The summed E-state index contributed by atoms with van der Waals surface area (Å²) in [5, 5.41) is 3.99. The fourth-order valence-corrected chi connectivity index (χ4v) is 4.84. The molecule has 0 aliphatic rings. The van der Waals surface area contributed by atoms with Crippen LogP contribution in [0.2, 0.25) is 0 Å². The van der Waals surface area contributed by atoms with Crippen molar-refractivity contribution in [1.29, 1.82) is 0 Å². The van der Waals surface area contributed by atoms with Crippen molar-refractivity contribution >= 4 is 38.8 Å². The Kier molecular flexibility index (Phi) is 5.00. The molecule has 0 bridgehead atoms. The zero-order valence-electron chi connectivity index (χ0n) is 17.4. The summed E-state index contributed by atoms with van der Waals surface area (Å²) < 4.78 is 3.24. The Morgan fingerprint density at radius 3 is 2.71 bits per heavy atom. The van der Waals surface area contributed by atoms with Gasteiger partial charge in [0.25, 0.3) is 0 Å². The third-order valence-corrected chi connectivity index (χ3v) is 6.44. The van der Waals surface area contributed by atoms with Crippen LogP contribution in [-0.2, 0) is 11.2 Å². The first kappa shape index (κ1) is 19.5. The highest BCUT2D eigenvalue weighted by atomic mass is 32.1. The molecule has 3 heterocycles. The van der Waals surface area contributed by atoms with E-state index in [-0.39, 0.29) is 5.91 Å². The van der Waals surface area contributed by atoms with Gasteiger partial charge in [0, 0.05) is 29.6 Å². The van der Waals surface area contributed by atoms with Crippen LogP contribution in [0.5, 0.6) is 0 Å². The van der Waals surface area contributed by atoms with Crippen LogP contribution in [0, 0.1) is 13.8 Å². The summed E-state index contributed by atoms with van der Waals surface area (Å²) in [6, 6.07) is 20.1. The molecule has 0 saturated heterocycles. The second kappa shape index (κ2) is 7.96. The SMILES string of the molecule is Cc1ccc2nc(-c3ccc(NC(=O)CCc4c(C)nc5ccccn45)cc3)sc2c1. The van der Waals surface area contributed by atoms with Crippen LogP contribution in [0.4, 0.5) is 5.69 Å². The fraction of sp³-hybridized carbons (Fsp3) is 0.160. The van der Waals surface area contributed by atoms with E-state index in [0.717, 1.165) is 38.8 Å². The van der Waals surface area contributed by atoms with Gasteiger partial charge in [0.15, 0.2) is 0 Å². The Labute approximate surface area is 184 Å². The highest BCUT2D eigenvalue weighted by Gasteiger charge is 2.11. The number of nitrogens with zero attached hydrogens (tertiary/aromatic N) is 3. The lowest BCUT2D eigenvalue weighted by molar-refractivity contribution is -0.116. The molecule has 31 heavy (non-hydrogen) atoms. The number of pyridine rings is 1. The largest absolute Gasteiger partial charge is 0.326 e. The van der Waals surface area contributed by atoms with Gasteiger partial charge < -0.3 is 9.72 Å². The minimum atomic E-state index is -0.00602. The zero-order chi connectivity index (χ0) is 21.4. The van der Waals surface area contributed by atoms with E-state index in [1.807, 2.05) is 55.6 Å². The highest BCUT2D eigenvalue weighted by molar-refractivity contribution is 7.21. The van der Waals surface area contributed by atoms with Crippen LogP contribution in [0.25, 0.3) is 26.4 Å². The molecular weight excluding hydrogens is 404 g/mol. The van der Waals surface area contributed by atoms with Gasteiger partial charge in [0.1, 0.15) is 10.7 Å². The molecule has 0 aliphatic carbocycles. The molecular formula is C25H22N4OS. The zero-order valence-corrected chi connectivity index (χ0v) is 18.2. The number of benzene rings is 2. The van der Waals surface area contributed by atoms with E-state index in [4.69, 9.17) is 4.98 Å². The topological polar surface area (TPSA) is 59.3 Å². The number of hydrogen-bond donors (Lipinski definition) is 1. The molecule has 0 saturated carbocycles. The van der Waals surface area contributed by atoms with Crippen LogP contribution in [0.15, 0.2) is 66.9 Å². The van der Waals surface area contributed by atoms with E-state index in [2.05, 4.69) is 39.8 Å². The maximum absolute atomic E-state index is 12.5. The minimum absolute atomic E-state index is 0.00602. The molecule has 0 unspecified atom stereocenters. The van der Waals surface area contributed by atoms with Crippen molar-refractivity contribution in [3.05, 3.63) is 83.8 Å². The summed E-state index contributed by atoms with van der Waals surface area (Å²) in [6.45, 7) is 4.08. The molecule has 1 amide bonds. The Hall–Kier alpha value is -3.51. The average Bonchev–Trinajstić information content (AvgIpc) is 3.32. The predicted octanol–water partition coefficient (Wildman–Crippen LogP) is 5.80. The summed E-state index contributed by atoms with van der Waals surface area (Å²) >= 11 is 1.69. The van der Waals surface area contributed by atoms with Crippen LogP contribution >= 0.6 is 11.3 Å². The van der Waals surface area contributed by atoms with Crippen molar-refractivity contribution < 1.29 is 4.79 Å². The van der Waals surface area contributed by atoms with Crippen molar-refractivity contribution in [2.24, 2.45) is 0 Å². The van der Waals surface area contributed by atoms with Gasteiger partial charge in [-0.1, -0.05) is 12.1 Å². The number of imidazole rings is 1. The number of rotatable bonds is 5. The van der Waals surface area contributed by atoms with Gasteiger partial charge >= 0.3 is 0 Å². The number of hydrogen-bond acceptors (Lipinski definition) is 4. The monoisotopic (exact) mass is 426 g/mol. The van der Waals surface area contributed by atoms with Gasteiger partial charge in [-0.3, -0.25) is 4.79 Å². The second-order valence-corrected chi connectivity index (χ2v) is 8.72. The Bertz CT molecular complexity index is 1400. The lowest BCUT2D eigenvalue weighted by Crippen LogP contribution is -2.13. The molecule has 0 radical (unpaired) electrons. The molecule has 5 aromatic rings. The van der Waals surface area contributed by atoms with Crippen molar-refractivity contribution in [3.8, 4) is 10.6 Å². The number of thiazole rings is 1. The lowest BCUT2D eigenvalue weighted by Gasteiger charge is -2.07. The summed E-state index contributed by atoms with van der Waals surface area (Å²) in [6.07, 6.45) is 3.04. The van der Waals surface area contributed by atoms with E-state index in [1.54, 1.807) is 11.3 Å². The average molecular weight is 427 g/mol. The quantitative estimate of drug-likeness (QED) is 0.386. The summed E-state index contributed by atoms with van der Waals surface area (Å²) in [4.78, 5) is 21.8. The number of aromatic nitrogens is 3. The van der Waals surface area contributed by atoms with Crippen molar-refractivity contribution in [2.45, 2.75) is 26.7 Å². The number of aryl methyl sites for hydroxylation is 3. The van der Waals surface area contributed by atoms with Crippen molar-refractivity contribution in [1.82, 2.24) is 14.4 Å². The number of carbonyl (C=O) groups excluding carboxylic acids is 1. The Morgan fingerprint density at radius 1 is 1.03 bits per heavy atom. The molecule has 5 rings (SSSR count). The van der Waals surface area contributed by atoms with Crippen LogP contribution in [-0.4, -0.2) is 20.3 Å². The van der Waals surface area contributed by atoms with E-state index in [9.17, 15) is 4.79 Å². The van der Waals surface area contributed by atoms with Gasteiger partial charge in [0.2, 0.25) is 5.91 Å². The molecule has 1 N–H and O–H groups in total. The molecule has 0 aliphatic heterocycles. The molecule has 0 spiro atoms. The maximum Gasteiger partial charge on any atom is 0.224 e. The third-order valence-electron chi connectivity index (χ3n) is 5.38. The molecule has 3 aromatic heterocycles. The first-order chi connectivity index (χ1) is 15.1. The lowest BCUT2D eigenvalue weighted by atomic mass is 10.2. The van der Waals surface area contributed by atoms with Gasteiger partial charge in [-0.25, -0.2) is 9.97 Å². The summed E-state index contributed by atoms with van der Waals surface area (Å²) in [5.74, 6) is -0.00602. The van der Waals surface area contributed by atoms with Gasteiger partial charge in [0.05, 0.1) is 15.9 Å². The normalized spacial score (nSPS) is 11.3. The van der Waals surface area contributed by atoms with Crippen molar-refractivity contribution in [3.63, 3.8) is 0 Å². The molecule has 6 heteroatoms.